The van der Waals surface area contributed by atoms with Crippen LogP contribution in [-0.2, 0) is 16.1 Å². The van der Waals surface area contributed by atoms with Gasteiger partial charge in [-0.25, -0.2) is 4.79 Å². The molecule has 0 fully saturated rings. The van der Waals surface area contributed by atoms with Gasteiger partial charge >= 0.3 is 5.97 Å². The molecule has 1 amide bonds. The third kappa shape index (κ3) is 5.20. The van der Waals surface area contributed by atoms with Crippen molar-refractivity contribution in [2.75, 3.05) is 18.6 Å². The smallest absolute Gasteiger partial charge is 0.338 e. The average Bonchev–Trinajstić information content (AvgIpc) is 2.77. The van der Waals surface area contributed by atoms with Crippen LogP contribution in [0.15, 0.2) is 84.9 Å². The van der Waals surface area contributed by atoms with Crippen LogP contribution in [0.5, 0.6) is 5.75 Å². The molecule has 0 atom stereocenters. The van der Waals surface area contributed by atoms with E-state index in [-0.39, 0.29) is 12.5 Å². The third-order valence-electron chi connectivity index (χ3n) is 4.18. The zero-order valence-corrected chi connectivity index (χ0v) is 15.6. The van der Waals surface area contributed by atoms with Crippen molar-refractivity contribution in [2.45, 2.75) is 6.61 Å². The summed E-state index contributed by atoms with van der Waals surface area (Å²) in [6.45, 7) is 0.0861. The summed E-state index contributed by atoms with van der Waals surface area (Å²) >= 11 is 0. The second kappa shape index (κ2) is 9.37. The molecule has 0 aliphatic heterocycles. The van der Waals surface area contributed by atoms with Gasteiger partial charge in [-0.15, -0.1) is 0 Å². The molecule has 0 radical (unpaired) electrons. The second-order valence-corrected chi connectivity index (χ2v) is 6.16. The first kappa shape index (κ1) is 19.2. The van der Waals surface area contributed by atoms with Crippen LogP contribution < -0.4 is 9.64 Å². The van der Waals surface area contributed by atoms with E-state index in [1.54, 1.807) is 31.3 Å². The molecule has 0 saturated heterocycles. The first-order valence-electron chi connectivity index (χ1n) is 8.89. The number of carbonyl (C=O) groups excluding carboxylic acids is 2. The second-order valence-electron chi connectivity index (χ2n) is 6.16. The number of likely N-dealkylation sites (N-methyl/N-ethyl adjacent to an activating group) is 1. The summed E-state index contributed by atoms with van der Waals surface area (Å²) in [6, 6.07) is 25.6. The summed E-state index contributed by atoms with van der Waals surface area (Å²) in [4.78, 5) is 25.8. The van der Waals surface area contributed by atoms with Crippen LogP contribution in [0.4, 0.5) is 5.69 Å². The molecular weight excluding hydrogens is 354 g/mol. The van der Waals surface area contributed by atoms with Crippen LogP contribution in [-0.4, -0.2) is 25.5 Å². The number of ether oxygens (including phenoxy) is 2. The number of esters is 1. The number of nitrogens with zero attached hydrogens (tertiary/aromatic N) is 1. The van der Waals surface area contributed by atoms with E-state index in [0.717, 1.165) is 17.0 Å². The van der Waals surface area contributed by atoms with Gasteiger partial charge in [0.05, 0.1) is 5.56 Å². The van der Waals surface area contributed by atoms with Crippen molar-refractivity contribution in [3.63, 3.8) is 0 Å². The summed E-state index contributed by atoms with van der Waals surface area (Å²) < 4.78 is 10.8. The Morgan fingerprint density at radius 2 is 1.43 bits per heavy atom. The van der Waals surface area contributed by atoms with Crippen molar-refractivity contribution < 1.29 is 19.1 Å². The van der Waals surface area contributed by atoms with Gasteiger partial charge in [-0.05, 0) is 42.0 Å². The van der Waals surface area contributed by atoms with Crippen molar-refractivity contribution in [3.05, 3.63) is 96.1 Å². The van der Waals surface area contributed by atoms with Gasteiger partial charge in [0.15, 0.2) is 6.61 Å². The highest BCUT2D eigenvalue weighted by Gasteiger charge is 2.14. The van der Waals surface area contributed by atoms with Crippen LogP contribution in [0, 0.1) is 0 Å². The standard InChI is InChI=1S/C23H21NO4/c1-24(20-8-4-2-5-9-20)22(25)17-28-23(26)19-14-12-18(13-15-19)16-27-21-10-6-3-7-11-21/h2-15H,16-17H2,1H3. The topological polar surface area (TPSA) is 55.8 Å². The van der Waals surface area contributed by atoms with Gasteiger partial charge in [-0.1, -0.05) is 48.5 Å². The molecule has 0 aliphatic carbocycles. The normalized spacial score (nSPS) is 10.2. The molecule has 0 bridgehead atoms. The number of para-hydroxylation sites is 2. The minimum atomic E-state index is -0.537. The minimum Gasteiger partial charge on any atom is -0.489 e. The average molecular weight is 375 g/mol. The number of hydrogen-bond donors (Lipinski definition) is 0. The van der Waals surface area contributed by atoms with E-state index >= 15 is 0 Å². The van der Waals surface area contributed by atoms with Gasteiger partial charge in [0.2, 0.25) is 0 Å². The van der Waals surface area contributed by atoms with Crippen LogP contribution in [0.25, 0.3) is 0 Å². The molecule has 5 heteroatoms. The van der Waals surface area contributed by atoms with E-state index in [4.69, 9.17) is 9.47 Å². The molecule has 0 spiro atoms. The Morgan fingerprint density at radius 1 is 0.821 bits per heavy atom. The number of hydrogen-bond acceptors (Lipinski definition) is 4. The molecule has 5 nitrogen and oxygen atoms in total. The van der Waals surface area contributed by atoms with E-state index in [9.17, 15) is 9.59 Å². The first-order valence-corrected chi connectivity index (χ1v) is 8.89. The molecule has 3 aromatic rings. The predicted molar refractivity (Wildman–Crippen MR) is 107 cm³/mol. The van der Waals surface area contributed by atoms with Gasteiger partial charge in [0.1, 0.15) is 12.4 Å². The van der Waals surface area contributed by atoms with Crippen molar-refractivity contribution in [1.82, 2.24) is 0 Å². The van der Waals surface area contributed by atoms with Gasteiger partial charge < -0.3 is 14.4 Å². The SMILES string of the molecule is CN(C(=O)COC(=O)c1ccc(COc2ccccc2)cc1)c1ccccc1. The van der Waals surface area contributed by atoms with Gasteiger partial charge in [0, 0.05) is 12.7 Å². The highest BCUT2D eigenvalue weighted by molar-refractivity contribution is 5.96. The largest absolute Gasteiger partial charge is 0.489 e. The third-order valence-corrected chi connectivity index (χ3v) is 4.18. The molecule has 0 saturated carbocycles. The molecule has 3 aromatic carbocycles. The fraction of sp³-hybridized carbons (Fsp3) is 0.130. The summed E-state index contributed by atoms with van der Waals surface area (Å²) in [5.41, 5.74) is 2.06. The molecule has 28 heavy (non-hydrogen) atoms. The Morgan fingerprint density at radius 3 is 2.07 bits per heavy atom. The van der Waals surface area contributed by atoms with Gasteiger partial charge in [-0.3, -0.25) is 4.79 Å². The maximum Gasteiger partial charge on any atom is 0.338 e. The van der Waals surface area contributed by atoms with E-state index in [1.165, 1.54) is 4.90 Å². The van der Waals surface area contributed by atoms with Crippen LogP contribution in [0.2, 0.25) is 0 Å². The fourth-order valence-electron chi connectivity index (χ4n) is 2.52. The number of benzene rings is 3. The van der Waals surface area contributed by atoms with Crippen LogP contribution in [0.3, 0.4) is 0 Å². The molecule has 0 aromatic heterocycles. The number of anilines is 1. The predicted octanol–water partition coefficient (Wildman–Crippen LogP) is 4.09. The maximum atomic E-state index is 12.2. The number of amides is 1. The van der Waals surface area contributed by atoms with Crippen LogP contribution >= 0.6 is 0 Å². The zero-order valence-electron chi connectivity index (χ0n) is 15.6. The van der Waals surface area contributed by atoms with Gasteiger partial charge in [0.25, 0.3) is 5.91 Å². The van der Waals surface area contributed by atoms with Gasteiger partial charge in [-0.2, -0.15) is 0 Å². The van der Waals surface area contributed by atoms with Crippen molar-refractivity contribution in [2.24, 2.45) is 0 Å². The lowest BCUT2D eigenvalue weighted by Gasteiger charge is -2.17. The molecule has 3 rings (SSSR count). The van der Waals surface area contributed by atoms with Crippen molar-refractivity contribution >= 4 is 17.6 Å². The van der Waals surface area contributed by atoms with E-state index < -0.39 is 5.97 Å². The first-order chi connectivity index (χ1) is 13.6. The monoisotopic (exact) mass is 375 g/mol. The Bertz CT molecular complexity index is 908. The number of carbonyl (C=O) groups is 2. The molecule has 0 N–H and O–H groups in total. The highest BCUT2D eigenvalue weighted by atomic mass is 16.5. The zero-order chi connectivity index (χ0) is 19.8. The summed E-state index contributed by atoms with van der Waals surface area (Å²) in [5, 5.41) is 0. The lowest BCUT2D eigenvalue weighted by Crippen LogP contribution is -2.31. The lowest BCUT2D eigenvalue weighted by atomic mass is 10.1. The highest BCUT2D eigenvalue weighted by Crippen LogP contribution is 2.14. The Kier molecular flexibility index (Phi) is 6.41. The van der Waals surface area contributed by atoms with Crippen molar-refractivity contribution in [3.8, 4) is 5.75 Å². The molecular formula is C23H21NO4. The van der Waals surface area contributed by atoms with E-state index in [2.05, 4.69) is 0 Å². The van der Waals surface area contributed by atoms with Crippen molar-refractivity contribution in [1.29, 1.82) is 0 Å². The molecule has 0 heterocycles. The Labute approximate surface area is 164 Å². The minimum absolute atomic E-state index is 0.299. The quantitative estimate of drug-likeness (QED) is 0.584. The molecule has 0 aliphatic rings. The molecule has 0 unspecified atom stereocenters. The fourth-order valence-corrected chi connectivity index (χ4v) is 2.52. The lowest BCUT2D eigenvalue weighted by molar-refractivity contribution is -0.121. The van der Waals surface area contributed by atoms with Crippen LogP contribution in [0.1, 0.15) is 15.9 Å². The Balaban J connectivity index is 1.49. The maximum absolute atomic E-state index is 12.2. The summed E-state index contributed by atoms with van der Waals surface area (Å²) in [5.74, 6) is -0.0511. The number of rotatable bonds is 7. The van der Waals surface area contributed by atoms with E-state index in [0.29, 0.717) is 12.2 Å². The summed E-state index contributed by atoms with van der Waals surface area (Å²) in [6.07, 6.45) is 0. The Hall–Kier alpha value is -3.60. The molecule has 142 valence electrons. The summed E-state index contributed by atoms with van der Waals surface area (Å²) in [7, 11) is 1.65. The van der Waals surface area contributed by atoms with E-state index in [1.807, 2.05) is 60.7 Å².